The van der Waals surface area contributed by atoms with E-state index in [0.29, 0.717) is 0 Å². The summed E-state index contributed by atoms with van der Waals surface area (Å²) in [5.74, 6) is -0.809. The standard InChI is InChI=1S/C11H16BrNO2S/c1-3-8(13)11(2,5-10(14)15)9-4-7(12)6-16-9/h4,6,8H,3,5,13H2,1-2H3,(H,14,15). The summed E-state index contributed by atoms with van der Waals surface area (Å²) in [6.45, 7) is 3.90. The van der Waals surface area contributed by atoms with Crippen molar-refractivity contribution in [1.29, 1.82) is 0 Å². The molecule has 0 amide bonds. The normalized spacial score (nSPS) is 16.8. The molecule has 0 radical (unpaired) electrons. The Labute approximate surface area is 108 Å². The first-order valence-corrected chi connectivity index (χ1v) is 6.79. The molecular formula is C11H16BrNO2S. The van der Waals surface area contributed by atoms with Crippen LogP contribution in [0.5, 0.6) is 0 Å². The summed E-state index contributed by atoms with van der Waals surface area (Å²) in [6, 6.07) is 1.82. The van der Waals surface area contributed by atoms with Crippen molar-refractivity contribution in [2.45, 2.75) is 38.1 Å². The van der Waals surface area contributed by atoms with Gasteiger partial charge in [-0.15, -0.1) is 11.3 Å². The van der Waals surface area contributed by atoms with E-state index in [-0.39, 0.29) is 12.5 Å². The third kappa shape index (κ3) is 2.84. The van der Waals surface area contributed by atoms with Gasteiger partial charge in [0.15, 0.2) is 0 Å². The van der Waals surface area contributed by atoms with Crippen molar-refractivity contribution in [2.75, 3.05) is 0 Å². The summed E-state index contributed by atoms with van der Waals surface area (Å²) < 4.78 is 0.979. The lowest BCUT2D eigenvalue weighted by Crippen LogP contribution is -2.43. The Balaban J connectivity index is 3.08. The second-order valence-corrected chi connectivity index (χ2v) is 5.96. The van der Waals surface area contributed by atoms with E-state index in [2.05, 4.69) is 15.9 Å². The molecule has 0 aromatic carbocycles. The van der Waals surface area contributed by atoms with Gasteiger partial charge < -0.3 is 10.8 Å². The topological polar surface area (TPSA) is 63.3 Å². The highest BCUT2D eigenvalue weighted by atomic mass is 79.9. The Hall–Kier alpha value is -0.390. The van der Waals surface area contributed by atoms with Gasteiger partial charge in [-0.2, -0.15) is 0 Å². The molecule has 0 bridgehead atoms. The summed E-state index contributed by atoms with van der Waals surface area (Å²) in [5.41, 5.74) is 5.58. The Morgan fingerprint density at radius 2 is 2.38 bits per heavy atom. The maximum absolute atomic E-state index is 11.0. The molecule has 0 aliphatic carbocycles. The predicted molar refractivity (Wildman–Crippen MR) is 69.9 cm³/mol. The smallest absolute Gasteiger partial charge is 0.304 e. The number of carboxylic acid groups (broad SMARTS) is 1. The molecule has 16 heavy (non-hydrogen) atoms. The van der Waals surface area contributed by atoms with Crippen molar-refractivity contribution >= 4 is 33.2 Å². The van der Waals surface area contributed by atoms with E-state index < -0.39 is 11.4 Å². The number of aliphatic carboxylic acids is 1. The van der Waals surface area contributed by atoms with Gasteiger partial charge in [-0.05, 0) is 28.4 Å². The molecule has 0 spiro atoms. The molecule has 90 valence electrons. The van der Waals surface area contributed by atoms with Crippen LogP contribution in [0.4, 0.5) is 0 Å². The van der Waals surface area contributed by atoms with Gasteiger partial charge in [-0.3, -0.25) is 4.79 Å². The van der Waals surface area contributed by atoms with Gasteiger partial charge in [-0.1, -0.05) is 13.8 Å². The first-order chi connectivity index (χ1) is 7.40. The van der Waals surface area contributed by atoms with Crippen molar-refractivity contribution in [3.05, 3.63) is 20.8 Å². The monoisotopic (exact) mass is 305 g/mol. The number of carbonyl (C=O) groups is 1. The third-order valence-corrected chi connectivity index (χ3v) is 4.88. The number of rotatable bonds is 5. The van der Waals surface area contributed by atoms with Crippen LogP contribution in [0.2, 0.25) is 0 Å². The van der Waals surface area contributed by atoms with Gasteiger partial charge in [0.05, 0.1) is 6.42 Å². The Morgan fingerprint density at radius 3 is 2.75 bits per heavy atom. The summed E-state index contributed by atoms with van der Waals surface area (Å²) in [4.78, 5) is 12.0. The van der Waals surface area contributed by atoms with Crippen molar-refractivity contribution in [3.8, 4) is 0 Å². The largest absolute Gasteiger partial charge is 0.481 e. The van der Waals surface area contributed by atoms with Crippen molar-refractivity contribution in [1.82, 2.24) is 0 Å². The SMILES string of the molecule is CCC(N)C(C)(CC(=O)O)c1cc(Br)cs1. The lowest BCUT2D eigenvalue weighted by Gasteiger charge is -2.32. The highest BCUT2D eigenvalue weighted by Crippen LogP contribution is 2.37. The van der Waals surface area contributed by atoms with Crippen LogP contribution in [0, 0.1) is 0 Å². The van der Waals surface area contributed by atoms with Crippen LogP contribution < -0.4 is 5.73 Å². The van der Waals surface area contributed by atoms with Crippen LogP contribution in [0.3, 0.4) is 0 Å². The molecule has 0 aliphatic heterocycles. The van der Waals surface area contributed by atoms with Gasteiger partial charge in [-0.25, -0.2) is 0 Å². The summed E-state index contributed by atoms with van der Waals surface area (Å²) in [7, 11) is 0. The first-order valence-electron chi connectivity index (χ1n) is 5.12. The number of halogens is 1. The molecule has 0 saturated carbocycles. The molecule has 3 N–H and O–H groups in total. The zero-order valence-electron chi connectivity index (χ0n) is 9.37. The van der Waals surface area contributed by atoms with E-state index in [1.165, 1.54) is 0 Å². The fourth-order valence-corrected chi connectivity index (χ4v) is 3.43. The van der Waals surface area contributed by atoms with E-state index in [0.717, 1.165) is 15.8 Å². The minimum absolute atomic E-state index is 0.0644. The Kier molecular flexibility index (Phi) is 4.52. The number of hydrogen-bond acceptors (Lipinski definition) is 3. The van der Waals surface area contributed by atoms with Crippen LogP contribution in [-0.2, 0) is 10.2 Å². The molecular weight excluding hydrogens is 290 g/mol. The molecule has 1 heterocycles. The molecule has 0 aliphatic rings. The molecule has 1 rings (SSSR count). The summed E-state index contributed by atoms with van der Waals surface area (Å²) in [5, 5.41) is 11.0. The Morgan fingerprint density at radius 1 is 1.75 bits per heavy atom. The molecule has 3 nitrogen and oxygen atoms in total. The van der Waals surface area contributed by atoms with Gasteiger partial charge >= 0.3 is 5.97 Å². The van der Waals surface area contributed by atoms with E-state index in [4.69, 9.17) is 10.8 Å². The number of hydrogen-bond donors (Lipinski definition) is 2. The quantitative estimate of drug-likeness (QED) is 0.879. The highest BCUT2D eigenvalue weighted by molar-refractivity contribution is 9.10. The van der Waals surface area contributed by atoms with Crippen molar-refractivity contribution < 1.29 is 9.90 Å². The molecule has 5 heteroatoms. The zero-order chi connectivity index (χ0) is 12.3. The van der Waals surface area contributed by atoms with Crippen LogP contribution in [-0.4, -0.2) is 17.1 Å². The molecule has 1 aromatic rings. The van der Waals surface area contributed by atoms with E-state index in [9.17, 15) is 4.79 Å². The first kappa shape index (κ1) is 13.7. The van der Waals surface area contributed by atoms with Crippen LogP contribution >= 0.6 is 27.3 Å². The van der Waals surface area contributed by atoms with Gasteiger partial charge in [0.1, 0.15) is 0 Å². The number of thiophene rings is 1. The van der Waals surface area contributed by atoms with Crippen LogP contribution in [0.25, 0.3) is 0 Å². The van der Waals surface area contributed by atoms with E-state index in [1.807, 2.05) is 25.3 Å². The van der Waals surface area contributed by atoms with E-state index >= 15 is 0 Å². The number of nitrogens with two attached hydrogens (primary N) is 1. The Bertz CT molecular complexity index is 380. The van der Waals surface area contributed by atoms with Crippen LogP contribution in [0.15, 0.2) is 15.9 Å². The van der Waals surface area contributed by atoms with E-state index in [1.54, 1.807) is 11.3 Å². The molecule has 2 atom stereocenters. The summed E-state index contributed by atoms with van der Waals surface area (Å²) >= 11 is 4.94. The third-order valence-electron chi connectivity index (χ3n) is 2.91. The average Bonchev–Trinajstić information content (AvgIpc) is 2.62. The molecule has 2 unspecified atom stereocenters. The maximum atomic E-state index is 11.0. The molecule has 1 aromatic heterocycles. The van der Waals surface area contributed by atoms with Crippen molar-refractivity contribution in [2.24, 2.45) is 5.73 Å². The fraction of sp³-hybridized carbons (Fsp3) is 0.545. The average molecular weight is 306 g/mol. The number of carboxylic acids is 1. The molecule has 0 saturated heterocycles. The highest BCUT2D eigenvalue weighted by Gasteiger charge is 2.36. The lowest BCUT2D eigenvalue weighted by molar-refractivity contribution is -0.138. The maximum Gasteiger partial charge on any atom is 0.304 e. The minimum Gasteiger partial charge on any atom is -0.481 e. The zero-order valence-corrected chi connectivity index (χ0v) is 11.8. The predicted octanol–water partition coefficient (Wildman–Crippen LogP) is 2.98. The second-order valence-electron chi connectivity index (χ2n) is 4.13. The van der Waals surface area contributed by atoms with Crippen molar-refractivity contribution in [3.63, 3.8) is 0 Å². The summed E-state index contributed by atoms with van der Waals surface area (Å²) in [6.07, 6.45) is 0.828. The fourth-order valence-electron chi connectivity index (χ4n) is 1.78. The minimum atomic E-state index is -0.809. The second kappa shape index (κ2) is 5.29. The van der Waals surface area contributed by atoms with Gasteiger partial charge in [0.2, 0.25) is 0 Å². The van der Waals surface area contributed by atoms with Gasteiger partial charge in [0.25, 0.3) is 0 Å². The molecule has 0 fully saturated rings. The van der Waals surface area contributed by atoms with Gasteiger partial charge in [0, 0.05) is 26.2 Å². The van der Waals surface area contributed by atoms with Crippen LogP contribution in [0.1, 0.15) is 31.6 Å². The lowest BCUT2D eigenvalue weighted by atomic mass is 9.77.